The molecule has 1 aromatic heterocycles. The van der Waals surface area contributed by atoms with Crippen LogP contribution < -0.4 is 10.5 Å². The van der Waals surface area contributed by atoms with Crippen LogP contribution >= 0.6 is 15.9 Å². The summed E-state index contributed by atoms with van der Waals surface area (Å²) in [5, 5.41) is 4.25. The van der Waals surface area contributed by atoms with Crippen molar-refractivity contribution < 1.29 is 4.74 Å². The second-order valence-corrected chi connectivity index (χ2v) is 6.63. The molecular weight excluding hydrogens is 318 g/mol. The zero-order valence-electron chi connectivity index (χ0n) is 12.5. The van der Waals surface area contributed by atoms with E-state index in [0.29, 0.717) is 5.82 Å². The first-order valence-electron chi connectivity index (χ1n) is 6.42. The first kappa shape index (κ1) is 14.9. The molecule has 0 fully saturated rings. The third kappa shape index (κ3) is 2.54. The zero-order chi connectivity index (χ0) is 15.1. The SMILES string of the molecule is COc1ccc(C(C)(C)C)cc1-c1c(Br)c(N)nn1C. The summed E-state index contributed by atoms with van der Waals surface area (Å²) >= 11 is 3.51. The number of aryl methyl sites for hydroxylation is 1. The fourth-order valence-electron chi connectivity index (χ4n) is 2.17. The maximum absolute atomic E-state index is 5.87. The number of methoxy groups -OCH3 is 1. The number of hydrogen-bond acceptors (Lipinski definition) is 3. The highest BCUT2D eigenvalue weighted by molar-refractivity contribution is 9.10. The van der Waals surface area contributed by atoms with Gasteiger partial charge >= 0.3 is 0 Å². The van der Waals surface area contributed by atoms with E-state index >= 15 is 0 Å². The molecule has 2 rings (SSSR count). The Morgan fingerprint density at radius 1 is 1.30 bits per heavy atom. The van der Waals surface area contributed by atoms with Crippen LogP contribution in [0.2, 0.25) is 0 Å². The average molecular weight is 338 g/mol. The Hall–Kier alpha value is -1.49. The minimum atomic E-state index is 0.0671. The first-order valence-corrected chi connectivity index (χ1v) is 7.22. The molecule has 0 unspecified atom stereocenters. The third-order valence-electron chi connectivity index (χ3n) is 3.33. The van der Waals surface area contributed by atoms with Crippen LogP contribution in [0.25, 0.3) is 11.3 Å². The van der Waals surface area contributed by atoms with E-state index in [1.165, 1.54) is 5.56 Å². The average Bonchev–Trinajstić information content (AvgIpc) is 2.61. The number of ether oxygens (including phenoxy) is 1. The Kier molecular flexibility index (Phi) is 3.82. The second kappa shape index (κ2) is 5.13. The van der Waals surface area contributed by atoms with Crippen LogP contribution in [0.3, 0.4) is 0 Å². The maximum Gasteiger partial charge on any atom is 0.160 e. The van der Waals surface area contributed by atoms with Gasteiger partial charge in [-0.2, -0.15) is 5.10 Å². The molecule has 0 aliphatic carbocycles. The van der Waals surface area contributed by atoms with Crippen LogP contribution in [0, 0.1) is 0 Å². The lowest BCUT2D eigenvalue weighted by Gasteiger charge is -2.21. The molecule has 1 aromatic carbocycles. The van der Waals surface area contributed by atoms with Crippen molar-refractivity contribution in [3.05, 3.63) is 28.2 Å². The third-order valence-corrected chi connectivity index (χ3v) is 4.12. The molecule has 0 atom stereocenters. The van der Waals surface area contributed by atoms with Gasteiger partial charge in [0.25, 0.3) is 0 Å². The van der Waals surface area contributed by atoms with Gasteiger partial charge in [-0.05, 0) is 39.0 Å². The van der Waals surface area contributed by atoms with E-state index in [4.69, 9.17) is 10.5 Å². The van der Waals surface area contributed by atoms with Gasteiger partial charge in [-0.3, -0.25) is 4.68 Å². The smallest absolute Gasteiger partial charge is 0.160 e. The molecule has 0 saturated carbocycles. The van der Waals surface area contributed by atoms with Gasteiger partial charge in [-0.15, -0.1) is 0 Å². The van der Waals surface area contributed by atoms with E-state index in [1.54, 1.807) is 11.8 Å². The summed E-state index contributed by atoms with van der Waals surface area (Å²) < 4.78 is 8.05. The molecule has 0 spiro atoms. The molecular formula is C15H20BrN3O. The van der Waals surface area contributed by atoms with Gasteiger partial charge in [0.15, 0.2) is 5.82 Å². The Balaban J connectivity index is 2.71. The summed E-state index contributed by atoms with van der Waals surface area (Å²) in [5.41, 5.74) is 9.08. The molecule has 0 aliphatic rings. The predicted molar refractivity (Wildman–Crippen MR) is 86.0 cm³/mol. The molecule has 5 heteroatoms. The van der Waals surface area contributed by atoms with Crippen molar-refractivity contribution in [2.75, 3.05) is 12.8 Å². The number of rotatable bonds is 2. The quantitative estimate of drug-likeness (QED) is 0.908. The van der Waals surface area contributed by atoms with Crippen molar-refractivity contribution in [3.8, 4) is 17.0 Å². The highest BCUT2D eigenvalue weighted by atomic mass is 79.9. The molecule has 0 bridgehead atoms. The normalized spacial score (nSPS) is 11.7. The minimum absolute atomic E-state index is 0.0671. The Morgan fingerprint density at radius 2 is 1.95 bits per heavy atom. The van der Waals surface area contributed by atoms with Crippen LogP contribution in [0.1, 0.15) is 26.3 Å². The lowest BCUT2D eigenvalue weighted by Crippen LogP contribution is -2.11. The lowest BCUT2D eigenvalue weighted by molar-refractivity contribution is 0.415. The summed E-state index contributed by atoms with van der Waals surface area (Å²) in [6.45, 7) is 6.56. The van der Waals surface area contributed by atoms with Gasteiger partial charge in [-0.1, -0.05) is 26.8 Å². The second-order valence-electron chi connectivity index (χ2n) is 5.84. The number of nitrogen functional groups attached to an aromatic ring is 1. The van der Waals surface area contributed by atoms with E-state index in [9.17, 15) is 0 Å². The number of nitrogens with two attached hydrogens (primary N) is 1. The van der Waals surface area contributed by atoms with E-state index in [0.717, 1.165) is 21.5 Å². The molecule has 20 heavy (non-hydrogen) atoms. The van der Waals surface area contributed by atoms with Gasteiger partial charge in [0.1, 0.15) is 5.75 Å². The Labute approximate surface area is 128 Å². The fourth-order valence-corrected chi connectivity index (χ4v) is 2.72. The molecule has 0 saturated heterocycles. The summed E-state index contributed by atoms with van der Waals surface area (Å²) in [6.07, 6.45) is 0. The van der Waals surface area contributed by atoms with E-state index in [2.05, 4.69) is 53.9 Å². The summed E-state index contributed by atoms with van der Waals surface area (Å²) in [7, 11) is 3.54. The number of aromatic nitrogens is 2. The number of nitrogens with zero attached hydrogens (tertiary/aromatic N) is 2. The molecule has 0 aliphatic heterocycles. The van der Waals surface area contributed by atoms with Crippen LogP contribution in [0.5, 0.6) is 5.75 Å². The molecule has 0 radical (unpaired) electrons. The van der Waals surface area contributed by atoms with Gasteiger partial charge in [0, 0.05) is 12.6 Å². The van der Waals surface area contributed by atoms with Crippen molar-refractivity contribution in [2.45, 2.75) is 26.2 Å². The standard InChI is InChI=1S/C15H20BrN3O/c1-15(2,3)9-6-7-11(20-5)10(8-9)13-12(16)14(17)18-19(13)4/h6-8H,1-5H3,(H2,17,18). The monoisotopic (exact) mass is 337 g/mol. The highest BCUT2D eigenvalue weighted by Gasteiger charge is 2.21. The molecule has 108 valence electrons. The van der Waals surface area contributed by atoms with Crippen molar-refractivity contribution in [2.24, 2.45) is 7.05 Å². The predicted octanol–water partition coefficient (Wildman–Crippen LogP) is 3.74. The Bertz CT molecular complexity index is 641. The first-order chi connectivity index (χ1) is 9.25. The number of benzene rings is 1. The van der Waals surface area contributed by atoms with E-state index in [-0.39, 0.29) is 5.41 Å². The van der Waals surface area contributed by atoms with E-state index in [1.807, 2.05) is 13.1 Å². The summed E-state index contributed by atoms with van der Waals surface area (Å²) in [4.78, 5) is 0. The highest BCUT2D eigenvalue weighted by Crippen LogP contribution is 2.39. The molecule has 1 heterocycles. The van der Waals surface area contributed by atoms with Gasteiger partial charge in [0.05, 0.1) is 17.3 Å². The largest absolute Gasteiger partial charge is 0.496 e. The number of halogens is 1. The molecule has 0 amide bonds. The van der Waals surface area contributed by atoms with Crippen LogP contribution in [0.4, 0.5) is 5.82 Å². The zero-order valence-corrected chi connectivity index (χ0v) is 14.1. The summed E-state index contributed by atoms with van der Waals surface area (Å²) in [6, 6.07) is 6.22. The maximum atomic E-state index is 5.87. The number of anilines is 1. The van der Waals surface area contributed by atoms with Crippen molar-refractivity contribution >= 4 is 21.7 Å². The van der Waals surface area contributed by atoms with Gasteiger partial charge in [-0.25, -0.2) is 0 Å². The van der Waals surface area contributed by atoms with E-state index < -0.39 is 0 Å². The molecule has 2 aromatic rings. The Morgan fingerprint density at radius 3 is 2.40 bits per heavy atom. The molecule has 2 N–H and O–H groups in total. The van der Waals surface area contributed by atoms with Gasteiger partial charge < -0.3 is 10.5 Å². The summed E-state index contributed by atoms with van der Waals surface area (Å²) in [5.74, 6) is 1.28. The van der Waals surface area contributed by atoms with Crippen LogP contribution in [-0.2, 0) is 12.5 Å². The van der Waals surface area contributed by atoms with Crippen molar-refractivity contribution in [1.29, 1.82) is 0 Å². The topological polar surface area (TPSA) is 53.1 Å². The van der Waals surface area contributed by atoms with Crippen molar-refractivity contribution in [3.63, 3.8) is 0 Å². The van der Waals surface area contributed by atoms with Crippen LogP contribution in [0.15, 0.2) is 22.7 Å². The number of hydrogen-bond donors (Lipinski definition) is 1. The lowest BCUT2D eigenvalue weighted by atomic mass is 9.85. The minimum Gasteiger partial charge on any atom is -0.496 e. The van der Waals surface area contributed by atoms with Gasteiger partial charge in [0.2, 0.25) is 0 Å². The van der Waals surface area contributed by atoms with Crippen molar-refractivity contribution in [1.82, 2.24) is 9.78 Å². The van der Waals surface area contributed by atoms with Crippen LogP contribution in [-0.4, -0.2) is 16.9 Å². The fraction of sp³-hybridized carbons (Fsp3) is 0.400. The molecule has 4 nitrogen and oxygen atoms in total.